The average molecular weight is 262 g/mol. The van der Waals surface area contributed by atoms with Crippen LogP contribution in [0.3, 0.4) is 0 Å². The summed E-state index contributed by atoms with van der Waals surface area (Å²) < 4.78 is 0.893. The van der Waals surface area contributed by atoms with Crippen LogP contribution < -0.4 is 11.1 Å². The van der Waals surface area contributed by atoms with E-state index in [2.05, 4.69) is 26.2 Å². The molecule has 1 amide bonds. The molecule has 0 bridgehead atoms. The number of thiazole rings is 1. The van der Waals surface area contributed by atoms with Crippen LogP contribution in [-0.2, 0) is 4.79 Å². The first-order valence-corrected chi connectivity index (χ1v) is 5.43. The van der Waals surface area contributed by atoms with Crippen LogP contribution in [0.4, 0.5) is 5.13 Å². The maximum absolute atomic E-state index is 11.4. The van der Waals surface area contributed by atoms with Gasteiger partial charge in [0.25, 0.3) is 0 Å². The lowest BCUT2D eigenvalue weighted by Crippen LogP contribution is -2.37. The van der Waals surface area contributed by atoms with Crippen molar-refractivity contribution in [3.63, 3.8) is 0 Å². The predicted octanol–water partition coefficient (Wildman–Crippen LogP) is 1.34. The van der Waals surface area contributed by atoms with Crippen molar-refractivity contribution in [3.05, 3.63) is 9.98 Å². The SMILES string of the molecule is NC1(C(=O)Nc2ncc(Br)s2)CC1. The molecule has 0 unspecified atom stereocenters. The Kier molecular flexibility index (Phi) is 2.13. The van der Waals surface area contributed by atoms with E-state index in [0.29, 0.717) is 5.13 Å². The highest BCUT2D eigenvalue weighted by Crippen LogP contribution is 2.34. The third kappa shape index (κ3) is 1.90. The first kappa shape index (κ1) is 9.11. The van der Waals surface area contributed by atoms with Crippen molar-refractivity contribution in [2.24, 2.45) is 5.73 Å². The van der Waals surface area contributed by atoms with Gasteiger partial charge in [-0.15, -0.1) is 0 Å². The van der Waals surface area contributed by atoms with E-state index < -0.39 is 5.54 Å². The average Bonchev–Trinajstić information content (AvgIpc) is 2.69. The van der Waals surface area contributed by atoms with E-state index in [1.165, 1.54) is 11.3 Å². The summed E-state index contributed by atoms with van der Waals surface area (Å²) in [6, 6.07) is 0. The number of aromatic nitrogens is 1. The number of hydrogen-bond acceptors (Lipinski definition) is 4. The van der Waals surface area contributed by atoms with Gasteiger partial charge in [-0.2, -0.15) is 0 Å². The van der Waals surface area contributed by atoms with Crippen molar-refractivity contribution in [2.75, 3.05) is 5.32 Å². The monoisotopic (exact) mass is 261 g/mol. The Hall–Kier alpha value is -0.460. The Balaban J connectivity index is 2.02. The van der Waals surface area contributed by atoms with Crippen LogP contribution in [-0.4, -0.2) is 16.4 Å². The van der Waals surface area contributed by atoms with Gasteiger partial charge in [-0.05, 0) is 28.8 Å². The molecule has 0 aliphatic heterocycles. The first-order chi connectivity index (χ1) is 6.10. The first-order valence-electron chi connectivity index (χ1n) is 3.82. The van der Waals surface area contributed by atoms with Crippen molar-refractivity contribution in [2.45, 2.75) is 18.4 Å². The van der Waals surface area contributed by atoms with Gasteiger partial charge in [-0.25, -0.2) is 4.98 Å². The topological polar surface area (TPSA) is 68.0 Å². The van der Waals surface area contributed by atoms with Gasteiger partial charge in [0.1, 0.15) is 0 Å². The molecule has 70 valence electrons. The number of nitrogens with one attached hydrogen (secondary N) is 1. The molecule has 13 heavy (non-hydrogen) atoms. The summed E-state index contributed by atoms with van der Waals surface area (Å²) in [6.45, 7) is 0. The number of anilines is 1. The van der Waals surface area contributed by atoms with Gasteiger partial charge in [0.15, 0.2) is 5.13 Å². The Morgan fingerprint density at radius 1 is 1.77 bits per heavy atom. The third-order valence-corrected chi connectivity index (χ3v) is 3.33. The fourth-order valence-corrected chi connectivity index (χ4v) is 2.00. The Bertz CT molecular complexity index is 347. The lowest BCUT2D eigenvalue weighted by atomic mass is 10.3. The molecule has 4 nitrogen and oxygen atoms in total. The standard InChI is InChI=1S/C7H8BrN3OS/c8-4-3-10-6(13-4)11-5(12)7(9)1-2-7/h3H,1-2,9H2,(H,10,11,12). The summed E-state index contributed by atoms with van der Waals surface area (Å²) in [7, 11) is 0. The van der Waals surface area contributed by atoms with Crippen LogP contribution >= 0.6 is 27.3 Å². The smallest absolute Gasteiger partial charge is 0.246 e. The number of nitrogens with two attached hydrogens (primary N) is 1. The molecule has 1 aliphatic rings. The molecule has 0 radical (unpaired) electrons. The second-order valence-electron chi connectivity index (χ2n) is 3.08. The summed E-state index contributed by atoms with van der Waals surface area (Å²) >= 11 is 4.64. The third-order valence-electron chi connectivity index (χ3n) is 1.94. The van der Waals surface area contributed by atoms with Crippen LogP contribution in [0.1, 0.15) is 12.8 Å². The molecule has 0 saturated heterocycles. The molecule has 0 spiro atoms. The van der Waals surface area contributed by atoms with Gasteiger partial charge >= 0.3 is 0 Å². The molecule has 1 fully saturated rings. The quantitative estimate of drug-likeness (QED) is 0.845. The van der Waals surface area contributed by atoms with E-state index in [0.717, 1.165) is 16.6 Å². The van der Waals surface area contributed by atoms with Crippen molar-refractivity contribution >= 4 is 38.3 Å². The molecule has 1 aromatic heterocycles. The number of halogens is 1. The number of nitrogens with zero attached hydrogens (tertiary/aromatic N) is 1. The molecule has 3 N–H and O–H groups in total. The summed E-state index contributed by atoms with van der Waals surface area (Å²) in [6.07, 6.45) is 3.19. The van der Waals surface area contributed by atoms with Gasteiger partial charge in [0.2, 0.25) is 5.91 Å². The molecular weight excluding hydrogens is 254 g/mol. The lowest BCUT2D eigenvalue weighted by Gasteiger charge is -2.06. The number of carbonyl (C=O) groups excluding carboxylic acids is 1. The van der Waals surface area contributed by atoms with Gasteiger partial charge in [-0.1, -0.05) is 11.3 Å². The Morgan fingerprint density at radius 3 is 2.92 bits per heavy atom. The number of hydrogen-bond donors (Lipinski definition) is 2. The summed E-state index contributed by atoms with van der Waals surface area (Å²) in [5.41, 5.74) is 5.07. The van der Waals surface area contributed by atoms with Crippen LogP contribution in [0.25, 0.3) is 0 Å². The van der Waals surface area contributed by atoms with Gasteiger partial charge in [0, 0.05) is 0 Å². The van der Waals surface area contributed by atoms with E-state index in [1.807, 2.05) is 0 Å². The molecule has 1 saturated carbocycles. The molecule has 1 heterocycles. The fraction of sp³-hybridized carbons (Fsp3) is 0.429. The zero-order valence-corrected chi connectivity index (χ0v) is 9.11. The number of carbonyl (C=O) groups is 1. The highest BCUT2D eigenvalue weighted by molar-refractivity contribution is 9.11. The molecule has 6 heteroatoms. The van der Waals surface area contributed by atoms with Crippen molar-refractivity contribution in [1.29, 1.82) is 0 Å². The minimum atomic E-state index is -0.627. The highest BCUT2D eigenvalue weighted by atomic mass is 79.9. The van der Waals surface area contributed by atoms with Crippen molar-refractivity contribution in [1.82, 2.24) is 4.98 Å². The maximum Gasteiger partial charge on any atom is 0.246 e. The molecule has 0 aromatic carbocycles. The fourth-order valence-electron chi connectivity index (χ4n) is 0.896. The second kappa shape index (κ2) is 3.04. The van der Waals surface area contributed by atoms with Crippen LogP contribution in [0.15, 0.2) is 9.98 Å². The number of amides is 1. The van der Waals surface area contributed by atoms with Crippen LogP contribution in [0.2, 0.25) is 0 Å². The zero-order chi connectivity index (χ0) is 9.47. The van der Waals surface area contributed by atoms with Gasteiger partial charge in [-0.3, -0.25) is 4.79 Å². The van der Waals surface area contributed by atoms with E-state index in [4.69, 9.17) is 5.73 Å². The minimum absolute atomic E-state index is 0.130. The Morgan fingerprint density at radius 2 is 2.46 bits per heavy atom. The minimum Gasteiger partial charge on any atom is -0.317 e. The van der Waals surface area contributed by atoms with Crippen LogP contribution in [0, 0.1) is 0 Å². The molecule has 1 aromatic rings. The summed E-state index contributed by atoms with van der Waals surface area (Å²) in [5, 5.41) is 3.27. The van der Waals surface area contributed by atoms with E-state index in [1.54, 1.807) is 6.20 Å². The molecule has 2 rings (SSSR count). The predicted molar refractivity (Wildman–Crippen MR) is 54.6 cm³/mol. The largest absolute Gasteiger partial charge is 0.317 e. The van der Waals surface area contributed by atoms with Crippen molar-refractivity contribution < 1.29 is 4.79 Å². The highest BCUT2D eigenvalue weighted by Gasteiger charge is 2.46. The summed E-state index contributed by atoms with van der Waals surface area (Å²) in [4.78, 5) is 15.4. The van der Waals surface area contributed by atoms with Crippen molar-refractivity contribution in [3.8, 4) is 0 Å². The van der Waals surface area contributed by atoms with Gasteiger partial charge < -0.3 is 11.1 Å². The molecule has 0 atom stereocenters. The van der Waals surface area contributed by atoms with E-state index in [-0.39, 0.29) is 5.91 Å². The van der Waals surface area contributed by atoms with E-state index in [9.17, 15) is 4.79 Å². The maximum atomic E-state index is 11.4. The second-order valence-corrected chi connectivity index (χ2v) is 5.49. The lowest BCUT2D eigenvalue weighted by molar-refractivity contribution is -0.118. The van der Waals surface area contributed by atoms with E-state index >= 15 is 0 Å². The Labute approximate surface area is 87.7 Å². The zero-order valence-electron chi connectivity index (χ0n) is 6.71. The molecule has 1 aliphatic carbocycles. The summed E-state index contributed by atoms with van der Waals surface area (Å²) in [5.74, 6) is -0.130. The molecular formula is C7H8BrN3OS. The number of rotatable bonds is 2. The van der Waals surface area contributed by atoms with Crippen LogP contribution in [0.5, 0.6) is 0 Å². The normalized spacial score (nSPS) is 18.3. The van der Waals surface area contributed by atoms with Gasteiger partial charge in [0.05, 0.1) is 15.5 Å².